The summed E-state index contributed by atoms with van der Waals surface area (Å²) in [5.74, 6) is -2.24. The summed E-state index contributed by atoms with van der Waals surface area (Å²) in [5.41, 5.74) is 0.981. The lowest BCUT2D eigenvalue weighted by atomic mass is 10.3. The number of aromatic nitrogens is 4. The van der Waals surface area contributed by atoms with E-state index in [1.54, 1.807) is 6.20 Å². The van der Waals surface area contributed by atoms with Gasteiger partial charge in [-0.05, 0) is 18.9 Å². The Balaban J connectivity index is 0.000000339. The molecule has 12 heteroatoms. The highest BCUT2D eigenvalue weighted by molar-refractivity contribution is 5.91. The number of nitrogens with zero attached hydrogens (tertiary/aromatic N) is 5. The van der Waals surface area contributed by atoms with Crippen molar-refractivity contribution in [1.82, 2.24) is 29.5 Å². The monoisotopic (exact) mass is 442 g/mol. The van der Waals surface area contributed by atoms with Crippen LogP contribution in [-0.2, 0) is 11.3 Å². The molecule has 0 bridgehead atoms. The van der Waals surface area contributed by atoms with Gasteiger partial charge in [0.05, 0.1) is 18.3 Å². The topological polar surface area (TPSA) is 105 Å². The van der Waals surface area contributed by atoms with Gasteiger partial charge in [-0.3, -0.25) is 9.48 Å². The summed E-state index contributed by atoms with van der Waals surface area (Å²) >= 11 is 0. The maximum atomic E-state index is 12.7. The molecule has 1 amide bonds. The van der Waals surface area contributed by atoms with Crippen molar-refractivity contribution in [2.24, 2.45) is 0 Å². The number of aliphatic carboxylic acids is 1. The molecule has 3 heterocycles. The minimum atomic E-state index is -5.08. The van der Waals surface area contributed by atoms with Crippen LogP contribution in [-0.4, -0.2) is 73.6 Å². The van der Waals surface area contributed by atoms with Gasteiger partial charge in [0, 0.05) is 44.8 Å². The highest BCUT2D eigenvalue weighted by Gasteiger charge is 2.38. The van der Waals surface area contributed by atoms with Gasteiger partial charge in [-0.25, -0.2) is 9.78 Å². The molecule has 0 aromatic carbocycles. The molecular weight excluding hydrogens is 417 g/mol. The Morgan fingerprint density at radius 3 is 2.42 bits per heavy atom. The number of carboxylic acid groups (broad SMARTS) is 1. The summed E-state index contributed by atoms with van der Waals surface area (Å²) in [6.45, 7) is 3.76. The predicted molar refractivity (Wildman–Crippen MR) is 104 cm³/mol. The Morgan fingerprint density at radius 1 is 1.16 bits per heavy atom. The molecule has 9 nitrogen and oxygen atoms in total. The van der Waals surface area contributed by atoms with Crippen molar-refractivity contribution >= 4 is 11.9 Å². The van der Waals surface area contributed by atoms with E-state index in [1.165, 1.54) is 25.7 Å². The number of carbonyl (C=O) groups is 2. The molecule has 0 atom stereocenters. The molecular formula is C19H25F3N6O3. The quantitative estimate of drug-likeness (QED) is 0.750. The number of imidazole rings is 1. The summed E-state index contributed by atoms with van der Waals surface area (Å²) in [6, 6.07) is 2.60. The number of halogens is 3. The Kier molecular flexibility index (Phi) is 7.31. The summed E-state index contributed by atoms with van der Waals surface area (Å²) < 4.78 is 35.7. The molecule has 4 rings (SSSR count). The molecule has 2 aromatic heterocycles. The van der Waals surface area contributed by atoms with Gasteiger partial charge in [0.25, 0.3) is 5.91 Å². The fourth-order valence-electron chi connectivity index (χ4n) is 3.65. The molecule has 1 aliphatic heterocycles. The van der Waals surface area contributed by atoms with Crippen molar-refractivity contribution in [1.29, 1.82) is 0 Å². The van der Waals surface area contributed by atoms with Crippen LogP contribution in [0.25, 0.3) is 0 Å². The second-order valence-electron chi connectivity index (χ2n) is 7.45. The minimum Gasteiger partial charge on any atom is -0.475 e. The fraction of sp³-hybridized carbons (Fsp3) is 0.579. The first kappa shape index (κ1) is 22.8. The van der Waals surface area contributed by atoms with Gasteiger partial charge in [0.2, 0.25) is 0 Å². The van der Waals surface area contributed by atoms with Crippen LogP contribution in [0.5, 0.6) is 0 Å². The maximum absolute atomic E-state index is 12.7. The molecule has 31 heavy (non-hydrogen) atoms. The lowest BCUT2D eigenvalue weighted by Crippen LogP contribution is -2.47. The lowest BCUT2D eigenvalue weighted by molar-refractivity contribution is -0.192. The van der Waals surface area contributed by atoms with Crippen LogP contribution in [0, 0.1) is 0 Å². The molecule has 1 saturated heterocycles. The first-order valence-electron chi connectivity index (χ1n) is 10.1. The SMILES string of the molecule is O=C(O)C(F)(F)F.O=C(c1nccn1Cc1ccn(C2CCCC2)n1)N1CCNCC1. The van der Waals surface area contributed by atoms with Crippen LogP contribution in [0.3, 0.4) is 0 Å². The van der Waals surface area contributed by atoms with Gasteiger partial charge in [-0.1, -0.05) is 12.8 Å². The van der Waals surface area contributed by atoms with E-state index in [2.05, 4.69) is 27.2 Å². The molecule has 0 radical (unpaired) electrons. The van der Waals surface area contributed by atoms with E-state index in [9.17, 15) is 18.0 Å². The molecule has 0 spiro atoms. The van der Waals surface area contributed by atoms with Crippen LogP contribution in [0.15, 0.2) is 24.7 Å². The van der Waals surface area contributed by atoms with Gasteiger partial charge < -0.3 is 19.9 Å². The molecule has 0 unspecified atom stereocenters. The molecule has 2 aliphatic rings. The van der Waals surface area contributed by atoms with E-state index in [4.69, 9.17) is 15.0 Å². The average Bonchev–Trinajstić information content (AvgIpc) is 3.50. The van der Waals surface area contributed by atoms with Crippen LogP contribution in [0.2, 0.25) is 0 Å². The molecule has 1 saturated carbocycles. The zero-order valence-electron chi connectivity index (χ0n) is 16.9. The fourth-order valence-corrected chi connectivity index (χ4v) is 3.65. The summed E-state index contributed by atoms with van der Waals surface area (Å²) in [5, 5.41) is 15.1. The van der Waals surface area contributed by atoms with E-state index >= 15 is 0 Å². The Bertz CT molecular complexity index is 883. The van der Waals surface area contributed by atoms with Crippen molar-refractivity contribution in [2.45, 2.75) is 44.4 Å². The van der Waals surface area contributed by atoms with E-state index in [-0.39, 0.29) is 5.91 Å². The second-order valence-corrected chi connectivity index (χ2v) is 7.45. The number of rotatable bonds is 4. The van der Waals surface area contributed by atoms with E-state index < -0.39 is 12.1 Å². The molecule has 2 fully saturated rings. The van der Waals surface area contributed by atoms with E-state index in [1.807, 2.05) is 15.7 Å². The van der Waals surface area contributed by atoms with Crippen molar-refractivity contribution < 1.29 is 27.9 Å². The largest absolute Gasteiger partial charge is 0.490 e. The number of alkyl halides is 3. The van der Waals surface area contributed by atoms with Crippen molar-refractivity contribution in [3.05, 3.63) is 36.2 Å². The summed E-state index contributed by atoms with van der Waals surface area (Å²) in [4.78, 5) is 27.7. The highest BCUT2D eigenvalue weighted by atomic mass is 19.4. The van der Waals surface area contributed by atoms with Crippen LogP contribution >= 0.6 is 0 Å². The number of hydrogen-bond acceptors (Lipinski definition) is 5. The molecule has 170 valence electrons. The van der Waals surface area contributed by atoms with Gasteiger partial charge in [-0.15, -0.1) is 0 Å². The van der Waals surface area contributed by atoms with Crippen molar-refractivity contribution in [3.8, 4) is 0 Å². The van der Waals surface area contributed by atoms with Crippen molar-refractivity contribution in [2.75, 3.05) is 26.2 Å². The molecule has 2 N–H and O–H groups in total. The van der Waals surface area contributed by atoms with Crippen molar-refractivity contribution in [3.63, 3.8) is 0 Å². The maximum Gasteiger partial charge on any atom is 0.490 e. The van der Waals surface area contributed by atoms with Crippen LogP contribution in [0.1, 0.15) is 48.0 Å². The van der Waals surface area contributed by atoms with Crippen LogP contribution in [0.4, 0.5) is 13.2 Å². The van der Waals surface area contributed by atoms with Gasteiger partial charge in [0.1, 0.15) is 0 Å². The highest BCUT2D eigenvalue weighted by Crippen LogP contribution is 2.28. The normalized spacial score (nSPS) is 17.3. The smallest absolute Gasteiger partial charge is 0.475 e. The number of carboxylic acids is 1. The number of nitrogens with one attached hydrogen (secondary N) is 1. The number of hydrogen-bond donors (Lipinski definition) is 2. The predicted octanol–water partition coefficient (Wildman–Crippen LogP) is 1.92. The summed E-state index contributed by atoms with van der Waals surface area (Å²) in [6.07, 6.45) is 5.58. The number of amides is 1. The minimum absolute atomic E-state index is 0.0109. The lowest BCUT2D eigenvalue weighted by Gasteiger charge is -2.27. The number of piperazine rings is 1. The zero-order chi connectivity index (χ0) is 22.4. The summed E-state index contributed by atoms with van der Waals surface area (Å²) in [7, 11) is 0. The third-order valence-corrected chi connectivity index (χ3v) is 5.25. The van der Waals surface area contributed by atoms with Gasteiger partial charge in [-0.2, -0.15) is 18.3 Å². The Morgan fingerprint density at radius 2 is 1.81 bits per heavy atom. The van der Waals surface area contributed by atoms with E-state index in [0.717, 1.165) is 31.9 Å². The van der Waals surface area contributed by atoms with Gasteiger partial charge in [0.15, 0.2) is 5.82 Å². The standard InChI is InChI=1S/C17H24N6O.C2HF3O2/c24-17(21-10-6-18-7-11-21)16-19-8-12-22(16)13-14-5-9-23(20-14)15-3-1-2-4-15;3-2(4,5)1(6)7/h5,8-9,12,15,18H,1-4,6-7,10-11,13H2;(H,6,7). The average molecular weight is 442 g/mol. The second kappa shape index (κ2) is 9.94. The third kappa shape index (κ3) is 6.06. The molecule has 1 aliphatic carbocycles. The third-order valence-electron chi connectivity index (χ3n) is 5.25. The Hall–Kier alpha value is -2.89. The van der Waals surface area contributed by atoms with Gasteiger partial charge >= 0.3 is 12.1 Å². The van der Waals surface area contributed by atoms with E-state index in [0.29, 0.717) is 18.4 Å². The first-order chi connectivity index (χ1) is 14.8. The molecule has 2 aromatic rings. The Labute approximate surface area is 176 Å². The van der Waals surface area contributed by atoms with Crippen LogP contribution < -0.4 is 5.32 Å². The number of carbonyl (C=O) groups excluding carboxylic acids is 1. The first-order valence-corrected chi connectivity index (χ1v) is 10.1. The zero-order valence-corrected chi connectivity index (χ0v) is 16.9.